The molecule has 2 rings (SSSR count). The van der Waals surface area contributed by atoms with Crippen LogP contribution in [0.5, 0.6) is 17.2 Å². The van der Waals surface area contributed by atoms with Crippen LogP contribution >= 0.6 is 0 Å². The number of hydrogen-bond donors (Lipinski definition) is 1. The number of carbonyl (C=O) groups excluding carboxylic acids is 1. The highest BCUT2D eigenvalue weighted by molar-refractivity contribution is 5.76. The van der Waals surface area contributed by atoms with Crippen LogP contribution in [0.2, 0.25) is 0 Å². The molecule has 1 heterocycles. The van der Waals surface area contributed by atoms with E-state index in [0.717, 1.165) is 6.42 Å². The van der Waals surface area contributed by atoms with Crippen LogP contribution in [-0.2, 0) is 16.0 Å². The molecule has 29 heavy (non-hydrogen) atoms. The monoisotopic (exact) mass is 407 g/mol. The van der Waals surface area contributed by atoms with Crippen molar-refractivity contribution in [2.24, 2.45) is 0 Å². The zero-order valence-electron chi connectivity index (χ0n) is 17.6. The largest absolute Gasteiger partial charge is 0.493 e. The lowest BCUT2D eigenvalue weighted by Gasteiger charge is -2.12. The van der Waals surface area contributed by atoms with Crippen LogP contribution in [0.25, 0.3) is 11.4 Å². The van der Waals surface area contributed by atoms with E-state index in [9.17, 15) is 4.79 Å². The third-order valence-electron chi connectivity index (χ3n) is 4.05. The van der Waals surface area contributed by atoms with Crippen molar-refractivity contribution in [1.29, 1.82) is 0 Å². The highest BCUT2D eigenvalue weighted by atomic mass is 16.5. The molecule has 0 atom stereocenters. The number of nitrogens with one attached hydrogen (secondary N) is 1. The molecule has 1 aromatic heterocycles. The summed E-state index contributed by atoms with van der Waals surface area (Å²) in [6.45, 7) is 5.16. The van der Waals surface area contributed by atoms with E-state index in [4.69, 9.17) is 23.5 Å². The Kier molecular flexibility index (Phi) is 8.72. The number of hydrogen-bond acceptors (Lipinski definition) is 8. The Morgan fingerprint density at radius 3 is 2.41 bits per heavy atom. The molecule has 0 saturated heterocycles. The molecule has 1 N–H and O–H groups in total. The highest BCUT2D eigenvalue weighted by Crippen LogP contribution is 2.40. The summed E-state index contributed by atoms with van der Waals surface area (Å²) < 4.78 is 26.7. The average molecular weight is 407 g/mol. The molecular weight excluding hydrogens is 378 g/mol. The van der Waals surface area contributed by atoms with Gasteiger partial charge in [0.1, 0.15) is 0 Å². The Morgan fingerprint density at radius 1 is 1.14 bits per heavy atom. The maximum atomic E-state index is 11.9. The summed E-state index contributed by atoms with van der Waals surface area (Å²) in [4.78, 5) is 16.3. The number of aromatic nitrogens is 2. The number of amides is 1. The van der Waals surface area contributed by atoms with Gasteiger partial charge in [-0.3, -0.25) is 4.79 Å². The number of methoxy groups -OCH3 is 3. The van der Waals surface area contributed by atoms with E-state index in [1.807, 2.05) is 13.8 Å². The molecule has 2 aromatic rings. The van der Waals surface area contributed by atoms with Crippen LogP contribution in [-0.4, -0.2) is 56.6 Å². The van der Waals surface area contributed by atoms with Crippen LogP contribution in [0.4, 0.5) is 0 Å². The van der Waals surface area contributed by atoms with Crippen LogP contribution in [0, 0.1) is 0 Å². The van der Waals surface area contributed by atoms with Crippen LogP contribution in [0.1, 0.15) is 32.6 Å². The molecule has 0 radical (unpaired) electrons. The van der Waals surface area contributed by atoms with E-state index in [2.05, 4.69) is 15.5 Å². The van der Waals surface area contributed by atoms with E-state index in [-0.39, 0.29) is 18.4 Å². The molecule has 9 heteroatoms. The standard InChI is InChI=1S/C20H29N3O6/c1-13(2)28-10-6-9-21-17(24)7-8-18-22-20(23-29-18)14-11-15(25-3)19(27-5)16(12-14)26-4/h11-13H,6-10H2,1-5H3,(H,21,24). The fraction of sp³-hybridized carbons (Fsp3) is 0.550. The minimum Gasteiger partial charge on any atom is -0.493 e. The first-order valence-electron chi connectivity index (χ1n) is 9.49. The van der Waals surface area contributed by atoms with Gasteiger partial charge in [-0.05, 0) is 32.4 Å². The lowest BCUT2D eigenvalue weighted by atomic mass is 10.1. The SMILES string of the molecule is COc1cc(-c2noc(CCC(=O)NCCCOC(C)C)n2)cc(OC)c1OC. The van der Waals surface area contributed by atoms with Gasteiger partial charge in [0.25, 0.3) is 0 Å². The van der Waals surface area contributed by atoms with E-state index in [1.165, 1.54) is 21.3 Å². The third-order valence-corrected chi connectivity index (χ3v) is 4.05. The Bertz CT molecular complexity index is 765. The summed E-state index contributed by atoms with van der Waals surface area (Å²) in [7, 11) is 4.61. The zero-order chi connectivity index (χ0) is 21.2. The smallest absolute Gasteiger partial charge is 0.227 e. The van der Waals surface area contributed by atoms with Gasteiger partial charge in [-0.2, -0.15) is 4.98 Å². The van der Waals surface area contributed by atoms with Gasteiger partial charge in [-0.1, -0.05) is 5.16 Å². The van der Waals surface area contributed by atoms with E-state index < -0.39 is 0 Å². The van der Waals surface area contributed by atoms with E-state index in [1.54, 1.807) is 12.1 Å². The Balaban J connectivity index is 1.92. The predicted molar refractivity (Wildman–Crippen MR) is 106 cm³/mol. The summed E-state index contributed by atoms with van der Waals surface area (Å²) >= 11 is 0. The normalized spacial score (nSPS) is 10.8. The van der Waals surface area contributed by atoms with Gasteiger partial charge in [0.2, 0.25) is 23.4 Å². The van der Waals surface area contributed by atoms with Gasteiger partial charge in [0.15, 0.2) is 11.5 Å². The molecule has 0 bridgehead atoms. The lowest BCUT2D eigenvalue weighted by molar-refractivity contribution is -0.121. The lowest BCUT2D eigenvalue weighted by Crippen LogP contribution is -2.25. The second kappa shape index (κ2) is 11.3. The van der Waals surface area contributed by atoms with Crippen LogP contribution < -0.4 is 19.5 Å². The summed E-state index contributed by atoms with van der Waals surface area (Å²) in [6.07, 6.45) is 1.59. The predicted octanol–water partition coefficient (Wildman–Crippen LogP) is 2.63. The number of aryl methyl sites for hydroxylation is 1. The van der Waals surface area contributed by atoms with Crippen LogP contribution in [0.3, 0.4) is 0 Å². The fourth-order valence-electron chi connectivity index (χ4n) is 2.61. The van der Waals surface area contributed by atoms with Crippen molar-refractivity contribution in [2.75, 3.05) is 34.5 Å². The number of ether oxygens (including phenoxy) is 4. The molecule has 160 valence electrons. The van der Waals surface area contributed by atoms with Gasteiger partial charge >= 0.3 is 0 Å². The van der Waals surface area contributed by atoms with Gasteiger partial charge < -0.3 is 28.8 Å². The van der Waals surface area contributed by atoms with Crippen molar-refractivity contribution < 1.29 is 28.3 Å². The van der Waals surface area contributed by atoms with Crippen molar-refractivity contribution in [3.8, 4) is 28.6 Å². The van der Waals surface area contributed by atoms with Gasteiger partial charge in [-0.25, -0.2) is 0 Å². The van der Waals surface area contributed by atoms with Crippen LogP contribution in [0.15, 0.2) is 16.7 Å². The highest BCUT2D eigenvalue weighted by Gasteiger charge is 2.17. The molecule has 0 unspecified atom stereocenters. The number of nitrogens with zero attached hydrogens (tertiary/aromatic N) is 2. The van der Waals surface area contributed by atoms with Gasteiger partial charge in [-0.15, -0.1) is 0 Å². The maximum Gasteiger partial charge on any atom is 0.227 e. The average Bonchev–Trinajstić information content (AvgIpc) is 3.19. The summed E-state index contributed by atoms with van der Waals surface area (Å²) in [5, 5.41) is 6.84. The van der Waals surface area contributed by atoms with E-state index in [0.29, 0.717) is 54.1 Å². The molecule has 0 aliphatic heterocycles. The molecule has 0 fully saturated rings. The zero-order valence-corrected chi connectivity index (χ0v) is 17.6. The van der Waals surface area contributed by atoms with Crippen molar-refractivity contribution >= 4 is 5.91 Å². The molecule has 0 aliphatic rings. The molecule has 9 nitrogen and oxygen atoms in total. The maximum absolute atomic E-state index is 11.9. The number of rotatable bonds is 12. The van der Waals surface area contributed by atoms with Crippen molar-refractivity contribution in [3.63, 3.8) is 0 Å². The number of benzene rings is 1. The van der Waals surface area contributed by atoms with Crippen molar-refractivity contribution in [3.05, 3.63) is 18.0 Å². The second-order valence-corrected chi connectivity index (χ2v) is 6.55. The Hall–Kier alpha value is -2.81. The van der Waals surface area contributed by atoms with Gasteiger partial charge in [0, 0.05) is 31.6 Å². The minimum atomic E-state index is -0.0675. The molecule has 1 aromatic carbocycles. The number of carbonyl (C=O) groups is 1. The van der Waals surface area contributed by atoms with Gasteiger partial charge in [0.05, 0.1) is 27.4 Å². The van der Waals surface area contributed by atoms with E-state index >= 15 is 0 Å². The molecule has 0 saturated carbocycles. The molecular formula is C20H29N3O6. The minimum absolute atomic E-state index is 0.0675. The second-order valence-electron chi connectivity index (χ2n) is 6.55. The Labute approximate surface area is 170 Å². The summed E-state index contributed by atoms with van der Waals surface area (Å²) in [5.41, 5.74) is 0.657. The fourth-order valence-corrected chi connectivity index (χ4v) is 2.61. The molecule has 1 amide bonds. The quantitative estimate of drug-likeness (QED) is 0.536. The first kappa shape index (κ1) is 22.5. The summed E-state index contributed by atoms with van der Waals surface area (Å²) in [5.74, 6) is 2.17. The Morgan fingerprint density at radius 2 is 1.83 bits per heavy atom. The third kappa shape index (κ3) is 6.63. The first-order valence-corrected chi connectivity index (χ1v) is 9.49. The first-order chi connectivity index (χ1) is 14.0. The summed E-state index contributed by atoms with van der Waals surface area (Å²) in [6, 6.07) is 3.48. The molecule has 0 aliphatic carbocycles. The van der Waals surface area contributed by atoms with Crippen molar-refractivity contribution in [2.45, 2.75) is 39.2 Å². The topological polar surface area (TPSA) is 105 Å². The van der Waals surface area contributed by atoms with Crippen molar-refractivity contribution in [1.82, 2.24) is 15.5 Å². The molecule has 0 spiro atoms.